The van der Waals surface area contributed by atoms with E-state index in [1.165, 1.54) is 19.4 Å². The number of aromatic nitrogens is 1. The molecule has 2 N–H and O–H groups in total. The standard InChI is InChI=1S/C15H14ClN3O/c1-10(20)6-11-7-14(8-17)19(15(11)9-18)13-4-2-12(16)3-5-13/h2-5,7-9,17-18H,6H2,1H3. The monoisotopic (exact) mass is 287 g/mol. The number of hydrogen-bond acceptors (Lipinski definition) is 3. The molecule has 4 nitrogen and oxygen atoms in total. The van der Waals surface area contributed by atoms with E-state index in [2.05, 4.69) is 0 Å². The Morgan fingerprint density at radius 3 is 2.40 bits per heavy atom. The molecule has 1 aromatic carbocycles. The number of rotatable bonds is 5. The molecule has 0 aliphatic heterocycles. The van der Waals surface area contributed by atoms with Crippen molar-refractivity contribution < 1.29 is 4.79 Å². The van der Waals surface area contributed by atoms with E-state index in [1.807, 2.05) is 12.1 Å². The van der Waals surface area contributed by atoms with Crippen molar-refractivity contribution in [2.45, 2.75) is 13.3 Å². The maximum atomic E-state index is 11.3. The van der Waals surface area contributed by atoms with E-state index in [9.17, 15) is 4.79 Å². The number of nitrogens with zero attached hydrogens (tertiary/aromatic N) is 1. The molecule has 0 bridgehead atoms. The first-order chi connectivity index (χ1) is 9.56. The molecular formula is C15H14ClN3O. The van der Waals surface area contributed by atoms with Gasteiger partial charge in [-0.1, -0.05) is 11.6 Å². The van der Waals surface area contributed by atoms with Crippen molar-refractivity contribution in [3.8, 4) is 5.69 Å². The lowest BCUT2D eigenvalue weighted by Crippen LogP contribution is -2.05. The van der Waals surface area contributed by atoms with E-state index in [4.69, 9.17) is 22.4 Å². The third-order valence-electron chi connectivity index (χ3n) is 2.96. The highest BCUT2D eigenvalue weighted by atomic mass is 35.5. The van der Waals surface area contributed by atoms with Crippen LogP contribution in [0.2, 0.25) is 5.02 Å². The number of ketones is 1. The second kappa shape index (κ2) is 5.84. The lowest BCUT2D eigenvalue weighted by Gasteiger charge is -2.09. The van der Waals surface area contributed by atoms with Crippen LogP contribution in [0, 0.1) is 10.8 Å². The lowest BCUT2D eigenvalue weighted by atomic mass is 10.1. The van der Waals surface area contributed by atoms with Gasteiger partial charge < -0.3 is 15.4 Å². The van der Waals surface area contributed by atoms with E-state index in [0.717, 1.165) is 11.3 Å². The molecule has 1 aromatic heterocycles. The third-order valence-corrected chi connectivity index (χ3v) is 3.21. The van der Waals surface area contributed by atoms with Crippen LogP contribution in [-0.4, -0.2) is 22.8 Å². The van der Waals surface area contributed by atoms with Crippen LogP contribution in [0.3, 0.4) is 0 Å². The molecule has 0 aliphatic rings. The second-order valence-electron chi connectivity index (χ2n) is 4.46. The van der Waals surface area contributed by atoms with E-state index in [-0.39, 0.29) is 12.2 Å². The molecule has 0 amide bonds. The lowest BCUT2D eigenvalue weighted by molar-refractivity contribution is -0.116. The molecule has 0 unspecified atom stereocenters. The van der Waals surface area contributed by atoms with Gasteiger partial charge in [0.15, 0.2) is 0 Å². The minimum atomic E-state index is 0.0258. The Morgan fingerprint density at radius 2 is 1.90 bits per heavy atom. The fraction of sp³-hybridized carbons (Fsp3) is 0.133. The molecule has 0 radical (unpaired) electrons. The highest BCUT2D eigenvalue weighted by Gasteiger charge is 2.15. The Hall–Kier alpha value is -2.20. The van der Waals surface area contributed by atoms with Crippen LogP contribution < -0.4 is 0 Å². The largest absolute Gasteiger partial charge is 0.307 e. The van der Waals surface area contributed by atoms with Crippen molar-refractivity contribution >= 4 is 29.8 Å². The number of carbonyl (C=O) groups excluding carboxylic acids is 1. The predicted molar refractivity (Wildman–Crippen MR) is 80.9 cm³/mol. The SMILES string of the molecule is CC(=O)Cc1cc(C=N)n(-c2ccc(Cl)cc2)c1C=N. The van der Waals surface area contributed by atoms with Crippen molar-refractivity contribution in [2.75, 3.05) is 0 Å². The van der Waals surface area contributed by atoms with E-state index in [1.54, 1.807) is 22.8 Å². The van der Waals surface area contributed by atoms with E-state index < -0.39 is 0 Å². The molecule has 2 aromatic rings. The summed E-state index contributed by atoms with van der Waals surface area (Å²) in [6, 6.07) is 8.91. The molecule has 0 spiro atoms. The third kappa shape index (κ3) is 2.70. The molecule has 0 saturated carbocycles. The normalized spacial score (nSPS) is 10.3. The van der Waals surface area contributed by atoms with Gasteiger partial charge in [0.1, 0.15) is 5.78 Å². The van der Waals surface area contributed by atoms with Crippen LogP contribution in [0.25, 0.3) is 5.69 Å². The number of hydrogen-bond donors (Lipinski definition) is 2. The second-order valence-corrected chi connectivity index (χ2v) is 4.90. The first kappa shape index (κ1) is 14.2. The molecule has 1 heterocycles. The summed E-state index contributed by atoms with van der Waals surface area (Å²) in [5.74, 6) is 0.0258. The topological polar surface area (TPSA) is 69.7 Å². The van der Waals surface area contributed by atoms with Gasteiger partial charge in [-0.2, -0.15) is 0 Å². The predicted octanol–water partition coefficient (Wildman–Crippen LogP) is 3.26. The zero-order chi connectivity index (χ0) is 14.7. The summed E-state index contributed by atoms with van der Waals surface area (Å²) in [7, 11) is 0. The molecule has 20 heavy (non-hydrogen) atoms. The summed E-state index contributed by atoms with van der Waals surface area (Å²) in [5, 5.41) is 15.7. The van der Waals surface area contributed by atoms with Gasteiger partial charge in [0.05, 0.1) is 11.4 Å². The van der Waals surface area contributed by atoms with Crippen LogP contribution in [-0.2, 0) is 11.2 Å². The molecule has 2 rings (SSSR count). The van der Waals surface area contributed by atoms with Crippen molar-refractivity contribution in [1.82, 2.24) is 4.57 Å². The van der Waals surface area contributed by atoms with Crippen molar-refractivity contribution in [3.63, 3.8) is 0 Å². The molecule has 0 saturated heterocycles. The summed E-state index contributed by atoms with van der Waals surface area (Å²) in [5.41, 5.74) is 2.80. The molecule has 0 atom stereocenters. The van der Waals surface area contributed by atoms with E-state index in [0.29, 0.717) is 16.4 Å². The van der Waals surface area contributed by atoms with Gasteiger partial charge in [-0.05, 0) is 42.8 Å². The van der Waals surface area contributed by atoms with Gasteiger partial charge in [-0.25, -0.2) is 0 Å². The Morgan fingerprint density at radius 1 is 1.25 bits per heavy atom. The van der Waals surface area contributed by atoms with Crippen LogP contribution in [0.5, 0.6) is 0 Å². The maximum Gasteiger partial charge on any atom is 0.134 e. The summed E-state index contributed by atoms with van der Waals surface area (Å²) in [4.78, 5) is 11.3. The zero-order valence-electron chi connectivity index (χ0n) is 11.0. The summed E-state index contributed by atoms with van der Waals surface area (Å²) < 4.78 is 1.77. The van der Waals surface area contributed by atoms with Gasteiger partial charge in [-0.3, -0.25) is 4.79 Å². The molecule has 102 valence electrons. The zero-order valence-corrected chi connectivity index (χ0v) is 11.7. The van der Waals surface area contributed by atoms with Crippen molar-refractivity contribution in [2.24, 2.45) is 0 Å². The Kier molecular flexibility index (Phi) is 4.15. The number of benzene rings is 1. The molecule has 0 aliphatic carbocycles. The smallest absolute Gasteiger partial charge is 0.134 e. The van der Waals surface area contributed by atoms with Crippen LogP contribution >= 0.6 is 11.6 Å². The minimum absolute atomic E-state index is 0.0258. The van der Waals surface area contributed by atoms with Gasteiger partial charge in [0.2, 0.25) is 0 Å². The van der Waals surface area contributed by atoms with Gasteiger partial charge >= 0.3 is 0 Å². The van der Waals surface area contributed by atoms with Crippen LogP contribution in [0.4, 0.5) is 0 Å². The van der Waals surface area contributed by atoms with Gasteiger partial charge in [0.25, 0.3) is 0 Å². The first-order valence-electron chi connectivity index (χ1n) is 6.07. The number of Topliss-reactive ketones (excluding diaryl/α,β-unsaturated/α-hetero) is 1. The van der Waals surface area contributed by atoms with E-state index >= 15 is 0 Å². The molecular weight excluding hydrogens is 274 g/mol. The van der Waals surface area contributed by atoms with Crippen molar-refractivity contribution in [1.29, 1.82) is 10.8 Å². The fourth-order valence-corrected chi connectivity index (χ4v) is 2.28. The Bertz CT molecular complexity index is 671. The number of carbonyl (C=O) groups is 1. The average Bonchev–Trinajstić information content (AvgIpc) is 2.76. The summed E-state index contributed by atoms with van der Waals surface area (Å²) >= 11 is 5.88. The number of nitrogens with one attached hydrogen (secondary N) is 2. The molecule has 5 heteroatoms. The van der Waals surface area contributed by atoms with Gasteiger partial charge in [0, 0.05) is 29.6 Å². The quantitative estimate of drug-likeness (QED) is 0.814. The fourth-order valence-electron chi connectivity index (χ4n) is 2.15. The highest BCUT2D eigenvalue weighted by molar-refractivity contribution is 6.30. The first-order valence-corrected chi connectivity index (χ1v) is 6.45. The minimum Gasteiger partial charge on any atom is -0.307 e. The number of halogens is 1. The molecule has 0 fully saturated rings. The Labute approximate surface area is 122 Å². The van der Waals surface area contributed by atoms with Crippen LogP contribution in [0.1, 0.15) is 23.9 Å². The van der Waals surface area contributed by atoms with Crippen molar-refractivity contribution in [3.05, 3.63) is 52.3 Å². The maximum absolute atomic E-state index is 11.3. The summed E-state index contributed by atoms with van der Waals surface area (Å²) in [6.07, 6.45) is 2.68. The summed E-state index contributed by atoms with van der Waals surface area (Å²) in [6.45, 7) is 1.51. The van der Waals surface area contributed by atoms with Gasteiger partial charge in [-0.15, -0.1) is 0 Å². The Balaban J connectivity index is 2.63. The average molecular weight is 288 g/mol. The van der Waals surface area contributed by atoms with Crippen LogP contribution in [0.15, 0.2) is 30.3 Å². The highest BCUT2D eigenvalue weighted by Crippen LogP contribution is 2.22.